The zero-order chi connectivity index (χ0) is 22.5. The summed E-state index contributed by atoms with van der Waals surface area (Å²) in [7, 11) is 1.53. The molecule has 0 spiro atoms. The summed E-state index contributed by atoms with van der Waals surface area (Å²) in [5, 5.41) is 3.11. The lowest BCUT2D eigenvalue weighted by Crippen LogP contribution is -2.27. The van der Waals surface area contributed by atoms with E-state index in [1.54, 1.807) is 12.4 Å². The monoisotopic (exact) mass is 429 g/mol. The maximum atomic E-state index is 13.2. The van der Waals surface area contributed by atoms with Gasteiger partial charge in [-0.15, -0.1) is 0 Å². The zero-order valence-electron chi connectivity index (χ0n) is 19.1. The molecule has 0 saturated heterocycles. The maximum Gasteiger partial charge on any atom is 0.316 e. The molecule has 1 fully saturated rings. The standard InChI is InChI=1S/C27H31N3O2/c1-18-9-11-21(12-10-18)23-13-22(20-7-5-4-6-8-20)14-24(15-23)26(31)30-19(2)25-16-28-27(32-3)29-17-25/h9-17,19-20H,4-8H2,1-3H3,(H,30,31)/t19-/m1/s1. The number of carbonyl (C=O) groups excluding carboxylic acids is 1. The molecule has 0 unspecified atom stereocenters. The van der Waals surface area contributed by atoms with Crippen molar-refractivity contribution in [1.29, 1.82) is 0 Å². The van der Waals surface area contributed by atoms with Gasteiger partial charge in [0.25, 0.3) is 5.91 Å². The van der Waals surface area contributed by atoms with Crippen LogP contribution in [-0.2, 0) is 0 Å². The third-order valence-electron chi connectivity index (χ3n) is 6.36. The fraction of sp³-hybridized carbons (Fsp3) is 0.370. The van der Waals surface area contributed by atoms with Gasteiger partial charge in [0.2, 0.25) is 0 Å². The summed E-state index contributed by atoms with van der Waals surface area (Å²) in [6.45, 7) is 4.03. The number of aryl methyl sites for hydroxylation is 1. The minimum atomic E-state index is -0.213. The van der Waals surface area contributed by atoms with Crippen LogP contribution in [0.25, 0.3) is 11.1 Å². The highest BCUT2D eigenvalue weighted by Gasteiger charge is 2.20. The predicted octanol–water partition coefficient (Wildman–Crippen LogP) is 6.00. The molecule has 1 heterocycles. The molecule has 5 nitrogen and oxygen atoms in total. The number of benzene rings is 2. The summed E-state index contributed by atoms with van der Waals surface area (Å²) in [5.41, 5.74) is 6.27. The molecule has 4 rings (SSSR count). The first-order chi connectivity index (χ1) is 15.5. The Bertz CT molecular complexity index is 1060. The molecule has 0 bridgehead atoms. The smallest absolute Gasteiger partial charge is 0.316 e. The van der Waals surface area contributed by atoms with Crippen molar-refractivity contribution in [1.82, 2.24) is 15.3 Å². The number of hydrogen-bond donors (Lipinski definition) is 1. The minimum absolute atomic E-state index is 0.0839. The van der Waals surface area contributed by atoms with Crippen LogP contribution in [0, 0.1) is 6.92 Å². The van der Waals surface area contributed by atoms with Crippen molar-refractivity contribution in [2.75, 3.05) is 7.11 Å². The fourth-order valence-electron chi connectivity index (χ4n) is 4.39. The first-order valence-corrected chi connectivity index (χ1v) is 11.4. The number of hydrogen-bond acceptors (Lipinski definition) is 4. The van der Waals surface area contributed by atoms with Crippen molar-refractivity contribution in [3.8, 4) is 17.1 Å². The Kier molecular flexibility index (Phi) is 6.84. The van der Waals surface area contributed by atoms with E-state index in [1.165, 1.54) is 50.3 Å². The lowest BCUT2D eigenvalue weighted by molar-refractivity contribution is 0.0939. The summed E-state index contributed by atoms with van der Waals surface area (Å²) >= 11 is 0. The quantitative estimate of drug-likeness (QED) is 0.522. The van der Waals surface area contributed by atoms with Crippen LogP contribution in [0.4, 0.5) is 0 Å². The van der Waals surface area contributed by atoms with E-state index in [0.717, 1.165) is 16.7 Å². The first-order valence-electron chi connectivity index (χ1n) is 11.4. The summed E-state index contributed by atoms with van der Waals surface area (Å²) < 4.78 is 5.02. The number of nitrogens with zero attached hydrogens (tertiary/aromatic N) is 2. The number of rotatable bonds is 6. The number of ether oxygens (including phenoxy) is 1. The van der Waals surface area contributed by atoms with Crippen LogP contribution in [0.5, 0.6) is 6.01 Å². The normalized spacial score (nSPS) is 15.2. The van der Waals surface area contributed by atoms with E-state index in [1.807, 2.05) is 13.0 Å². The Morgan fingerprint density at radius 1 is 1.00 bits per heavy atom. The maximum absolute atomic E-state index is 13.2. The van der Waals surface area contributed by atoms with Crippen molar-refractivity contribution in [3.63, 3.8) is 0 Å². The second kappa shape index (κ2) is 9.94. The van der Waals surface area contributed by atoms with Gasteiger partial charge in [0, 0.05) is 23.5 Å². The van der Waals surface area contributed by atoms with Gasteiger partial charge in [-0.3, -0.25) is 4.79 Å². The molecule has 166 valence electrons. The van der Waals surface area contributed by atoms with Crippen LogP contribution in [0.1, 0.15) is 78.0 Å². The minimum Gasteiger partial charge on any atom is -0.467 e. The second-order valence-corrected chi connectivity index (χ2v) is 8.74. The molecule has 0 aliphatic heterocycles. The van der Waals surface area contributed by atoms with Crippen LogP contribution in [0.2, 0.25) is 0 Å². The van der Waals surface area contributed by atoms with Crippen molar-refractivity contribution in [2.45, 2.75) is 57.9 Å². The Balaban J connectivity index is 1.62. The SMILES string of the molecule is COc1ncc([C@@H](C)NC(=O)c2cc(-c3ccc(C)cc3)cc(C3CCCCC3)c2)cn1. The zero-order valence-corrected chi connectivity index (χ0v) is 19.1. The molecule has 1 aromatic heterocycles. The molecular weight excluding hydrogens is 398 g/mol. The average molecular weight is 430 g/mol. The van der Waals surface area contributed by atoms with E-state index in [4.69, 9.17) is 4.74 Å². The van der Waals surface area contributed by atoms with Gasteiger partial charge in [0.05, 0.1) is 13.2 Å². The molecule has 0 radical (unpaired) electrons. The van der Waals surface area contributed by atoms with Gasteiger partial charge < -0.3 is 10.1 Å². The molecule has 1 atom stereocenters. The highest BCUT2D eigenvalue weighted by atomic mass is 16.5. The average Bonchev–Trinajstić information content (AvgIpc) is 2.84. The van der Waals surface area contributed by atoms with Gasteiger partial charge in [-0.1, -0.05) is 55.2 Å². The number of amides is 1. The molecule has 5 heteroatoms. The largest absolute Gasteiger partial charge is 0.467 e. The number of methoxy groups -OCH3 is 1. The Hall–Kier alpha value is -3.21. The Morgan fingerprint density at radius 3 is 2.34 bits per heavy atom. The van der Waals surface area contributed by atoms with E-state index >= 15 is 0 Å². The van der Waals surface area contributed by atoms with Crippen LogP contribution in [0.3, 0.4) is 0 Å². The van der Waals surface area contributed by atoms with E-state index in [0.29, 0.717) is 17.5 Å². The first kappa shape index (κ1) is 22.0. The van der Waals surface area contributed by atoms with Crippen molar-refractivity contribution >= 4 is 5.91 Å². The lowest BCUT2D eigenvalue weighted by atomic mass is 9.82. The summed E-state index contributed by atoms with van der Waals surface area (Å²) in [5.74, 6) is 0.437. The van der Waals surface area contributed by atoms with Gasteiger partial charge in [0.15, 0.2) is 0 Å². The highest BCUT2D eigenvalue weighted by molar-refractivity contribution is 5.96. The summed E-state index contributed by atoms with van der Waals surface area (Å²) in [6, 6.07) is 15.0. The summed E-state index contributed by atoms with van der Waals surface area (Å²) in [6.07, 6.45) is 9.59. The Labute approximate surface area is 190 Å². The van der Waals surface area contributed by atoms with Crippen LogP contribution in [0.15, 0.2) is 54.9 Å². The van der Waals surface area contributed by atoms with Gasteiger partial charge in [-0.05, 0) is 61.4 Å². The molecule has 1 amide bonds. The molecular formula is C27H31N3O2. The fourth-order valence-corrected chi connectivity index (χ4v) is 4.39. The van der Waals surface area contributed by atoms with Gasteiger partial charge >= 0.3 is 6.01 Å². The van der Waals surface area contributed by atoms with Gasteiger partial charge in [-0.2, -0.15) is 0 Å². The molecule has 1 aliphatic carbocycles. The molecule has 1 N–H and O–H groups in total. The third-order valence-corrected chi connectivity index (χ3v) is 6.36. The number of nitrogens with one attached hydrogen (secondary N) is 1. The molecule has 1 saturated carbocycles. The number of aromatic nitrogens is 2. The molecule has 2 aromatic carbocycles. The van der Waals surface area contributed by atoms with Crippen LogP contribution >= 0.6 is 0 Å². The highest BCUT2D eigenvalue weighted by Crippen LogP contribution is 2.35. The third kappa shape index (κ3) is 5.16. The van der Waals surface area contributed by atoms with E-state index < -0.39 is 0 Å². The van der Waals surface area contributed by atoms with Gasteiger partial charge in [-0.25, -0.2) is 9.97 Å². The molecule has 3 aromatic rings. The van der Waals surface area contributed by atoms with Gasteiger partial charge in [0.1, 0.15) is 0 Å². The molecule has 1 aliphatic rings. The van der Waals surface area contributed by atoms with E-state index in [9.17, 15) is 4.79 Å². The second-order valence-electron chi connectivity index (χ2n) is 8.74. The van der Waals surface area contributed by atoms with Crippen molar-refractivity contribution in [2.24, 2.45) is 0 Å². The van der Waals surface area contributed by atoms with Crippen LogP contribution in [-0.4, -0.2) is 23.0 Å². The molecule has 32 heavy (non-hydrogen) atoms. The number of carbonyl (C=O) groups is 1. The topological polar surface area (TPSA) is 64.1 Å². The summed E-state index contributed by atoms with van der Waals surface area (Å²) in [4.78, 5) is 21.5. The Morgan fingerprint density at radius 2 is 1.69 bits per heavy atom. The van der Waals surface area contributed by atoms with E-state index in [2.05, 4.69) is 58.6 Å². The van der Waals surface area contributed by atoms with Crippen LogP contribution < -0.4 is 10.1 Å². The van der Waals surface area contributed by atoms with E-state index in [-0.39, 0.29) is 11.9 Å². The predicted molar refractivity (Wildman–Crippen MR) is 127 cm³/mol. The van der Waals surface area contributed by atoms with Crippen molar-refractivity contribution in [3.05, 3.63) is 77.1 Å². The lowest BCUT2D eigenvalue weighted by Gasteiger charge is -2.23. The van der Waals surface area contributed by atoms with Crippen molar-refractivity contribution < 1.29 is 9.53 Å².